The molecule has 0 fully saturated rings. The average Bonchev–Trinajstić information content (AvgIpc) is 2.48. The maximum Gasteiger partial charge on any atom is 0.252 e. The van der Waals surface area contributed by atoms with E-state index in [4.69, 9.17) is 10.8 Å². The largest absolute Gasteiger partial charge is 0.394 e. The van der Waals surface area contributed by atoms with Crippen LogP contribution in [0.1, 0.15) is 46.0 Å². The number of rotatable bonds is 11. The van der Waals surface area contributed by atoms with Gasteiger partial charge in [0.25, 0.3) is 5.91 Å². The standard InChI is InChI=1S/C14H29NO6/c1-3-5-6-9(4-2)7-14(21,13(15)20)12(19)11(18)10(17)8-16/h9-12,16-19,21H,3-8H2,1-2H3,(H2,15,20)/t9?,10-,11-,12+,14-/m1/s1. The van der Waals surface area contributed by atoms with E-state index in [0.29, 0.717) is 6.42 Å². The zero-order valence-electron chi connectivity index (χ0n) is 12.8. The van der Waals surface area contributed by atoms with Gasteiger partial charge < -0.3 is 31.3 Å². The molecule has 21 heavy (non-hydrogen) atoms. The number of aliphatic hydroxyl groups is 5. The first-order chi connectivity index (χ1) is 9.74. The summed E-state index contributed by atoms with van der Waals surface area (Å²) in [6.45, 7) is 3.11. The van der Waals surface area contributed by atoms with Crippen molar-refractivity contribution in [3.8, 4) is 0 Å². The highest BCUT2D eigenvalue weighted by Crippen LogP contribution is 2.29. The lowest BCUT2D eigenvalue weighted by Gasteiger charge is -2.36. The third-order valence-electron chi connectivity index (χ3n) is 3.96. The molecule has 0 bridgehead atoms. The van der Waals surface area contributed by atoms with Gasteiger partial charge in [-0.2, -0.15) is 0 Å². The fourth-order valence-corrected chi connectivity index (χ4v) is 2.35. The van der Waals surface area contributed by atoms with E-state index in [9.17, 15) is 25.2 Å². The van der Waals surface area contributed by atoms with Crippen LogP contribution in [0.25, 0.3) is 0 Å². The summed E-state index contributed by atoms with van der Waals surface area (Å²) in [6, 6.07) is 0. The second-order valence-electron chi connectivity index (χ2n) is 5.59. The minimum atomic E-state index is -2.34. The molecule has 7 N–H and O–H groups in total. The molecule has 0 saturated carbocycles. The maximum atomic E-state index is 11.6. The molecule has 0 aliphatic rings. The molecule has 7 heteroatoms. The predicted molar refractivity (Wildman–Crippen MR) is 77.2 cm³/mol. The van der Waals surface area contributed by atoms with Crippen LogP contribution < -0.4 is 5.73 Å². The summed E-state index contributed by atoms with van der Waals surface area (Å²) in [5.41, 5.74) is 2.84. The molecular weight excluding hydrogens is 278 g/mol. The van der Waals surface area contributed by atoms with Crippen LogP contribution in [0.2, 0.25) is 0 Å². The third kappa shape index (κ3) is 5.52. The summed E-state index contributed by atoms with van der Waals surface area (Å²) in [4.78, 5) is 11.6. The Morgan fingerprint density at radius 1 is 1.24 bits per heavy atom. The van der Waals surface area contributed by atoms with Gasteiger partial charge in [0.05, 0.1) is 6.61 Å². The molecule has 1 unspecified atom stereocenters. The monoisotopic (exact) mass is 307 g/mol. The van der Waals surface area contributed by atoms with E-state index in [2.05, 4.69) is 0 Å². The maximum absolute atomic E-state index is 11.6. The summed E-state index contributed by atoms with van der Waals surface area (Å²) >= 11 is 0. The Bertz CT molecular complexity index is 314. The van der Waals surface area contributed by atoms with Gasteiger partial charge in [0.2, 0.25) is 0 Å². The molecule has 7 nitrogen and oxygen atoms in total. The van der Waals surface area contributed by atoms with Crippen molar-refractivity contribution in [2.45, 2.75) is 69.9 Å². The molecule has 0 heterocycles. The highest BCUT2D eigenvalue weighted by molar-refractivity contribution is 5.84. The van der Waals surface area contributed by atoms with Gasteiger partial charge in [-0.1, -0.05) is 39.5 Å². The number of aliphatic hydroxyl groups excluding tert-OH is 4. The second-order valence-corrected chi connectivity index (χ2v) is 5.59. The fourth-order valence-electron chi connectivity index (χ4n) is 2.35. The van der Waals surface area contributed by atoms with Crippen LogP contribution >= 0.6 is 0 Å². The van der Waals surface area contributed by atoms with Crippen LogP contribution in [0, 0.1) is 5.92 Å². The van der Waals surface area contributed by atoms with E-state index < -0.39 is 36.4 Å². The molecule has 0 saturated heterocycles. The number of amides is 1. The minimum absolute atomic E-state index is 0.0458. The van der Waals surface area contributed by atoms with Gasteiger partial charge in [0.1, 0.15) is 18.3 Å². The van der Waals surface area contributed by atoms with Crippen LogP contribution in [0.3, 0.4) is 0 Å². The molecule has 0 spiro atoms. The van der Waals surface area contributed by atoms with Crippen LogP contribution in [-0.2, 0) is 4.79 Å². The molecule has 0 aromatic heterocycles. The number of hydrogen-bond acceptors (Lipinski definition) is 6. The zero-order valence-corrected chi connectivity index (χ0v) is 12.8. The molecule has 1 amide bonds. The Kier molecular flexibility index (Phi) is 9.00. The van der Waals surface area contributed by atoms with E-state index >= 15 is 0 Å². The number of nitrogens with two attached hydrogens (primary N) is 1. The zero-order chi connectivity index (χ0) is 16.6. The van der Waals surface area contributed by atoms with Crippen LogP contribution in [0.15, 0.2) is 0 Å². The number of carbonyl (C=O) groups excluding carboxylic acids is 1. The van der Waals surface area contributed by atoms with Gasteiger partial charge in [-0.3, -0.25) is 4.79 Å². The molecule has 0 aliphatic heterocycles. The van der Waals surface area contributed by atoms with Crippen molar-refractivity contribution in [3.63, 3.8) is 0 Å². The van der Waals surface area contributed by atoms with Crippen molar-refractivity contribution in [3.05, 3.63) is 0 Å². The van der Waals surface area contributed by atoms with E-state index in [1.807, 2.05) is 13.8 Å². The van der Waals surface area contributed by atoms with Crippen molar-refractivity contribution < 1.29 is 30.3 Å². The Morgan fingerprint density at radius 3 is 2.19 bits per heavy atom. The van der Waals surface area contributed by atoms with Crippen LogP contribution in [0.4, 0.5) is 0 Å². The quantitative estimate of drug-likeness (QED) is 0.285. The first kappa shape index (κ1) is 20.3. The summed E-state index contributed by atoms with van der Waals surface area (Å²) < 4.78 is 0. The topological polar surface area (TPSA) is 144 Å². The number of carbonyl (C=O) groups is 1. The van der Waals surface area contributed by atoms with Crippen molar-refractivity contribution in [1.82, 2.24) is 0 Å². The van der Waals surface area contributed by atoms with Crippen LogP contribution in [0.5, 0.6) is 0 Å². The Balaban J connectivity index is 5.09. The number of hydrogen-bond donors (Lipinski definition) is 6. The second kappa shape index (κ2) is 9.32. The SMILES string of the molecule is CCCCC(CC)C[C@](O)(C(N)=O)[C@@H](O)[C@H](O)[C@H](O)CO. The lowest BCUT2D eigenvalue weighted by Crippen LogP contribution is -2.60. The Labute approximate surface area is 125 Å². The number of primary amides is 1. The van der Waals surface area contributed by atoms with E-state index in [1.54, 1.807) is 0 Å². The van der Waals surface area contributed by atoms with Gasteiger partial charge >= 0.3 is 0 Å². The first-order valence-electron chi connectivity index (χ1n) is 7.41. The molecule has 0 aliphatic carbocycles. The van der Waals surface area contributed by atoms with E-state index in [0.717, 1.165) is 19.3 Å². The van der Waals surface area contributed by atoms with Gasteiger partial charge in [-0.25, -0.2) is 0 Å². The van der Waals surface area contributed by atoms with Crippen molar-refractivity contribution in [1.29, 1.82) is 0 Å². The lowest BCUT2D eigenvalue weighted by molar-refractivity contribution is -0.178. The minimum Gasteiger partial charge on any atom is -0.394 e. The van der Waals surface area contributed by atoms with Crippen molar-refractivity contribution >= 4 is 5.91 Å². The van der Waals surface area contributed by atoms with Crippen molar-refractivity contribution in [2.75, 3.05) is 6.61 Å². The van der Waals surface area contributed by atoms with Gasteiger partial charge in [0.15, 0.2) is 5.60 Å². The fraction of sp³-hybridized carbons (Fsp3) is 0.929. The highest BCUT2D eigenvalue weighted by atomic mass is 16.4. The molecule has 0 rings (SSSR count). The Morgan fingerprint density at radius 2 is 1.81 bits per heavy atom. The summed E-state index contributed by atoms with van der Waals surface area (Å²) in [5.74, 6) is -1.20. The first-order valence-corrected chi connectivity index (χ1v) is 7.41. The third-order valence-corrected chi connectivity index (χ3v) is 3.96. The summed E-state index contributed by atoms with van der Waals surface area (Å²) in [5, 5.41) is 48.2. The summed E-state index contributed by atoms with van der Waals surface area (Å²) in [7, 11) is 0. The van der Waals surface area contributed by atoms with E-state index in [1.165, 1.54) is 0 Å². The molecular formula is C14H29NO6. The smallest absolute Gasteiger partial charge is 0.252 e. The van der Waals surface area contributed by atoms with Gasteiger partial charge in [-0.05, 0) is 12.3 Å². The summed E-state index contributed by atoms with van der Waals surface area (Å²) in [6.07, 6.45) is -2.29. The average molecular weight is 307 g/mol. The van der Waals surface area contributed by atoms with E-state index in [-0.39, 0.29) is 12.3 Å². The molecule has 126 valence electrons. The number of unbranched alkanes of at least 4 members (excludes halogenated alkanes) is 1. The van der Waals surface area contributed by atoms with Gasteiger partial charge in [-0.15, -0.1) is 0 Å². The molecule has 0 radical (unpaired) electrons. The lowest BCUT2D eigenvalue weighted by atomic mass is 9.79. The highest BCUT2D eigenvalue weighted by Gasteiger charge is 2.47. The van der Waals surface area contributed by atoms with Gasteiger partial charge in [0, 0.05) is 0 Å². The predicted octanol–water partition coefficient (Wildman–Crippen LogP) is -1.12. The van der Waals surface area contributed by atoms with Crippen LogP contribution in [-0.4, -0.2) is 62.0 Å². The molecule has 0 aromatic carbocycles. The van der Waals surface area contributed by atoms with Crippen molar-refractivity contribution in [2.24, 2.45) is 11.7 Å². The normalized spacial score (nSPS) is 20.3. The Hall–Kier alpha value is -0.730. The molecule has 0 aromatic rings. The molecule has 5 atom stereocenters.